The zero-order valence-electron chi connectivity index (χ0n) is 52.2. The third-order valence-electron chi connectivity index (χ3n) is 15.7. The predicted molar refractivity (Wildman–Crippen MR) is 319 cm³/mol. The quantitative estimate of drug-likeness (QED) is 0.0358. The number of nitrogens with one attached hydrogen (secondary N) is 6. The number of carbonyl (C=O) groups is 9. The molecule has 2 aromatic rings. The first-order valence-corrected chi connectivity index (χ1v) is 29.3. The van der Waals surface area contributed by atoms with Gasteiger partial charge in [0.1, 0.15) is 37.4 Å². The molecule has 1 saturated heterocycles. The Morgan fingerprint density at radius 3 is 1.94 bits per heavy atom. The molecule has 25 heteroatoms. The Labute approximate surface area is 501 Å². The molecule has 2 aromatic carbocycles. The Morgan fingerprint density at radius 1 is 0.753 bits per heavy atom. The van der Waals surface area contributed by atoms with Gasteiger partial charge >= 0.3 is 12.1 Å². The van der Waals surface area contributed by atoms with Crippen LogP contribution in [0.2, 0.25) is 0 Å². The number of benzene rings is 2. The average Bonchev–Trinajstić information content (AvgIpc) is 4.23. The molecule has 11 N–H and O–H groups in total. The topological polar surface area (TPSA) is 345 Å². The summed E-state index contributed by atoms with van der Waals surface area (Å²) >= 11 is 0. The van der Waals surface area contributed by atoms with E-state index >= 15 is 0 Å². The number of amides is 10. The first kappa shape index (κ1) is 72.3. The molecule has 0 spiro atoms. The van der Waals surface area contributed by atoms with Crippen molar-refractivity contribution < 1.29 is 67.3 Å². The lowest BCUT2D eigenvalue weighted by molar-refractivity contribution is -0.148. The first-order valence-electron chi connectivity index (χ1n) is 29.3. The number of nitrogens with two attached hydrogens (primary N) is 2. The standard InChI is InChI=1S/C60H97N11O14/c1-15-37(8)51(45(82-13)31-47(73)71-30-20-24-44(71)53(83-14)38(9)54(75)64-39(10)52(74)41-21-17-16-18-22-41)69(11)58(79)49(35(4)5)68-57(78)50(36(6)7)70(12)60(81)84-32-40-25-27-42(28-26-40)65-55(76)43(23-19-29-63-59(61)80)66-56(77)48(34(2)3)67-46(72)33-85-62/h16-18,21-22,25-28,34-39,43-45,48-53,74H,15,19-20,23-24,29-33,62H2,1-14H3,(H,64,75)(H,65,76)(H,66,77)(H,67,72)(H,68,78)(H3,61,63,80)/t37-,38+,39+,43-,44-,45+,48-,49-,50-,51-,52+,53+/m0/s1. The SMILES string of the molecule is CC[C@H](C)[C@@H]([C@@H](CC(=O)N1CCC[C@H]1[C@H](OC)[C@@H](C)C(=O)N[C@H](C)[C@@H](O)c1ccccc1)OC)N(C)C(=O)[C@@H](NC(=O)[C@H](C(C)C)N(C)C(=O)OCc1ccc(NC(=O)[C@H](CCCNC(N)=O)NC(=O)[C@@H](NC(=O)CON)C(C)C)cc1)C(C)C. The van der Waals surface area contributed by atoms with Gasteiger partial charge in [0, 0.05) is 47.1 Å². The average molecular weight is 1200 g/mol. The maximum Gasteiger partial charge on any atom is 0.410 e. The number of hydrogen-bond acceptors (Lipinski definition) is 15. The summed E-state index contributed by atoms with van der Waals surface area (Å²) in [5, 5.41) is 27.2. The van der Waals surface area contributed by atoms with Gasteiger partial charge < -0.3 is 66.8 Å². The van der Waals surface area contributed by atoms with Crippen molar-refractivity contribution >= 4 is 59.2 Å². The van der Waals surface area contributed by atoms with Crippen LogP contribution in [0.25, 0.3) is 0 Å². The van der Waals surface area contributed by atoms with Crippen LogP contribution in [-0.4, -0.2) is 176 Å². The van der Waals surface area contributed by atoms with Crippen LogP contribution >= 0.6 is 0 Å². The predicted octanol–water partition coefficient (Wildman–Crippen LogP) is 3.48. The van der Waals surface area contributed by atoms with Crippen molar-refractivity contribution in [1.29, 1.82) is 0 Å². The molecule has 0 aliphatic carbocycles. The number of hydrogen-bond donors (Lipinski definition) is 9. The summed E-state index contributed by atoms with van der Waals surface area (Å²) < 4.78 is 17.7. The van der Waals surface area contributed by atoms with Crippen molar-refractivity contribution in [2.45, 2.75) is 175 Å². The molecule has 12 atom stereocenters. The van der Waals surface area contributed by atoms with E-state index in [1.165, 1.54) is 26.2 Å². The second kappa shape index (κ2) is 35.5. The van der Waals surface area contributed by atoms with E-state index in [4.69, 9.17) is 25.8 Å². The minimum absolute atomic E-state index is 0.0865. The highest BCUT2D eigenvalue weighted by Gasteiger charge is 2.44. The van der Waals surface area contributed by atoms with Gasteiger partial charge in [0.05, 0.1) is 48.8 Å². The summed E-state index contributed by atoms with van der Waals surface area (Å²) in [6.07, 6.45) is -1.01. The Morgan fingerprint density at radius 2 is 1.39 bits per heavy atom. The van der Waals surface area contributed by atoms with Crippen LogP contribution in [0.5, 0.6) is 0 Å². The van der Waals surface area contributed by atoms with Crippen molar-refractivity contribution in [3.8, 4) is 0 Å². The number of primary amides is 1. The molecule has 1 fully saturated rings. The maximum atomic E-state index is 14.8. The number of likely N-dealkylation sites (tertiary alicyclic amines) is 1. The molecule has 0 bridgehead atoms. The molecular formula is C60H97N11O14. The Bertz CT molecular complexity index is 2490. The smallest absolute Gasteiger partial charge is 0.410 e. The molecule has 0 radical (unpaired) electrons. The van der Waals surface area contributed by atoms with Crippen molar-refractivity contribution in [2.24, 2.45) is 41.2 Å². The van der Waals surface area contributed by atoms with E-state index in [0.717, 1.165) is 0 Å². The number of likely N-dealkylation sites (N-methyl/N-ethyl adjacent to an activating group) is 2. The molecule has 3 rings (SSSR count). The number of urea groups is 1. The largest absolute Gasteiger partial charge is 0.445 e. The number of rotatable bonds is 34. The highest BCUT2D eigenvalue weighted by molar-refractivity contribution is 5.98. The third kappa shape index (κ3) is 21.5. The van der Waals surface area contributed by atoms with E-state index in [2.05, 4.69) is 36.7 Å². The number of nitrogens with zero attached hydrogens (tertiary/aromatic N) is 3. The normalized spacial score (nSPS) is 17.2. The summed E-state index contributed by atoms with van der Waals surface area (Å²) in [7, 11) is 6.08. The molecule has 85 heavy (non-hydrogen) atoms. The first-order chi connectivity index (χ1) is 40.1. The fraction of sp³-hybridized carbons (Fsp3) is 0.650. The summed E-state index contributed by atoms with van der Waals surface area (Å²) in [5.74, 6) is -0.479. The van der Waals surface area contributed by atoms with Gasteiger partial charge in [-0.15, -0.1) is 0 Å². The van der Waals surface area contributed by atoms with Gasteiger partial charge in [0.25, 0.3) is 0 Å². The molecular weight excluding hydrogens is 1100 g/mol. The highest BCUT2D eigenvalue weighted by Crippen LogP contribution is 2.30. The van der Waals surface area contributed by atoms with Crippen molar-refractivity contribution in [3.63, 3.8) is 0 Å². The molecule has 0 aromatic heterocycles. The number of methoxy groups -OCH3 is 2. The van der Waals surface area contributed by atoms with E-state index in [1.807, 2.05) is 32.0 Å². The van der Waals surface area contributed by atoms with E-state index in [1.54, 1.807) is 109 Å². The molecule has 476 valence electrons. The van der Waals surface area contributed by atoms with Crippen LogP contribution < -0.4 is 43.5 Å². The van der Waals surface area contributed by atoms with E-state index < -0.39 is 127 Å². The number of aliphatic hydroxyl groups excluding tert-OH is 1. The Balaban J connectivity index is 1.71. The Kier molecular flexibility index (Phi) is 30.2. The summed E-state index contributed by atoms with van der Waals surface area (Å²) in [5.41, 5.74) is 6.73. The minimum atomic E-state index is -1.10. The number of ether oxygens (including phenoxy) is 3. The van der Waals surface area contributed by atoms with Crippen molar-refractivity contribution in [3.05, 3.63) is 65.7 Å². The van der Waals surface area contributed by atoms with Gasteiger partial charge in [-0.2, -0.15) is 0 Å². The number of anilines is 1. The van der Waals surface area contributed by atoms with E-state index in [9.17, 15) is 48.3 Å². The third-order valence-corrected chi connectivity index (χ3v) is 15.7. The molecule has 0 saturated carbocycles. The summed E-state index contributed by atoms with van der Waals surface area (Å²) in [4.78, 5) is 130. The minimum Gasteiger partial charge on any atom is -0.445 e. The van der Waals surface area contributed by atoms with Gasteiger partial charge in [0.15, 0.2) is 0 Å². The number of aliphatic hydroxyl groups is 1. The lowest BCUT2D eigenvalue weighted by Crippen LogP contribution is -2.60. The van der Waals surface area contributed by atoms with Crippen LogP contribution in [0.3, 0.4) is 0 Å². The fourth-order valence-electron chi connectivity index (χ4n) is 10.7. The van der Waals surface area contributed by atoms with Crippen LogP contribution in [0.4, 0.5) is 15.3 Å². The molecule has 1 heterocycles. The van der Waals surface area contributed by atoms with Crippen LogP contribution in [-0.2, 0) is 59.2 Å². The second-order valence-electron chi connectivity index (χ2n) is 23.1. The molecule has 1 aliphatic rings. The van der Waals surface area contributed by atoms with Gasteiger partial charge in [-0.05, 0) is 79.5 Å². The highest BCUT2D eigenvalue weighted by atomic mass is 16.6. The van der Waals surface area contributed by atoms with Crippen molar-refractivity contribution in [1.82, 2.24) is 41.3 Å². The Hall–Kier alpha value is -6.93. The number of carbonyl (C=O) groups excluding carboxylic acids is 9. The molecule has 0 unspecified atom stereocenters. The summed E-state index contributed by atoms with van der Waals surface area (Å²) in [6.45, 7) is 17.8. The second-order valence-corrected chi connectivity index (χ2v) is 23.1. The van der Waals surface area contributed by atoms with Crippen LogP contribution in [0.15, 0.2) is 54.6 Å². The summed E-state index contributed by atoms with van der Waals surface area (Å²) in [6, 6.07) is 8.77. The lowest BCUT2D eigenvalue weighted by Gasteiger charge is -2.41. The maximum absolute atomic E-state index is 14.8. The molecule has 10 amide bonds. The zero-order chi connectivity index (χ0) is 63.8. The molecule has 1 aliphatic heterocycles. The molecule has 25 nitrogen and oxygen atoms in total. The van der Waals surface area contributed by atoms with Crippen molar-refractivity contribution in [2.75, 3.05) is 53.3 Å². The van der Waals surface area contributed by atoms with Crippen LogP contribution in [0.1, 0.15) is 125 Å². The van der Waals surface area contributed by atoms with Crippen LogP contribution in [0, 0.1) is 29.6 Å². The van der Waals surface area contributed by atoms with E-state index in [-0.39, 0.29) is 56.1 Å². The van der Waals surface area contributed by atoms with Gasteiger partial charge in [-0.1, -0.05) is 111 Å². The monoisotopic (exact) mass is 1200 g/mol. The van der Waals surface area contributed by atoms with Gasteiger partial charge in [-0.25, -0.2) is 15.5 Å². The van der Waals surface area contributed by atoms with E-state index in [0.29, 0.717) is 42.6 Å². The van der Waals surface area contributed by atoms with Gasteiger partial charge in [0.2, 0.25) is 41.4 Å². The zero-order valence-corrected chi connectivity index (χ0v) is 52.2. The fourth-order valence-corrected chi connectivity index (χ4v) is 10.7. The lowest BCUT2D eigenvalue weighted by atomic mass is 9.89. The van der Waals surface area contributed by atoms with Gasteiger partial charge in [-0.3, -0.25) is 43.3 Å².